The third kappa shape index (κ3) is 8.09. The Morgan fingerprint density at radius 3 is 2.03 bits per heavy atom. The number of aliphatic carboxylic acids is 2. The van der Waals surface area contributed by atoms with Crippen molar-refractivity contribution in [1.29, 1.82) is 0 Å². The standard InChI is InChI=1S/C15H16N6.2C2HF3O2/c1-4-12(14-11-3-2-6-17-15(11)20-19-14)18-13(5-1)21-9-7-16-8-10-21;2*3-2(4,5)1(6)7/h1-6,16H,7-10H2,(H,17,19,20);2*(H,6,7). The van der Waals surface area contributed by atoms with Crippen LogP contribution in [-0.4, -0.2) is 80.8 Å². The Kier molecular flexibility index (Phi) is 8.93. The van der Waals surface area contributed by atoms with Gasteiger partial charge in [0.1, 0.15) is 5.82 Å². The molecule has 1 saturated heterocycles. The van der Waals surface area contributed by atoms with Crippen molar-refractivity contribution in [3.8, 4) is 11.4 Å². The van der Waals surface area contributed by atoms with Crippen LogP contribution in [0.25, 0.3) is 22.4 Å². The number of alkyl halides is 6. The number of fused-ring (bicyclic) bond motifs is 1. The van der Waals surface area contributed by atoms with Crippen molar-refractivity contribution in [3.05, 3.63) is 36.5 Å². The Balaban J connectivity index is 0.000000257. The highest BCUT2D eigenvalue weighted by Crippen LogP contribution is 2.25. The molecule has 1 aliphatic heterocycles. The van der Waals surface area contributed by atoms with Crippen LogP contribution in [0.2, 0.25) is 0 Å². The van der Waals surface area contributed by atoms with Crippen molar-refractivity contribution in [2.75, 3.05) is 31.1 Å². The molecular formula is C19H18F6N6O4. The Morgan fingerprint density at radius 2 is 1.49 bits per heavy atom. The fourth-order valence-corrected chi connectivity index (χ4v) is 2.68. The summed E-state index contributed by atoms with van der Waals surface area (Å²) in [6.45, 7) is 3.98. The highest BCUT2D eigenvalue weighted by Gasteiger charge is 2.38. The van der Waals surface area contributed by atoms with Crippen LogP contribution >= 0.6 is 0 Å². The van der Waals surface area contributed by atoms with E-state index in [0.29, 0.717) is 0 Å². The Hall–Kier alpha value is -3.95. The summed E-state index contributed by atoms with van der Waals surface area (Å²) in [5, 5.41) is 25.9. The molecule has 0 unspecified atom stereocenters. The van der Waals surface area contributed by atoms with Gasteiger partial charge in [-0.2, -0.15) is 31.4 Å². The molecule has 0 aromatic carbocycles. The molecular weight excluding hydrogens is 490 g/mol. The van der Waals surface area contributed by atoms with Crippen LogP contribution in [0.5, 0.6) is 0 Å². The van der Waals surface area contributed by atoms with E-state index >= 15 is 0 Å². The Morgan fingerprint density at radius 1 is 0.914 bits per heavy atom. The van der Waals surface area contributed by atoms with Crippen LogP contribution < -0.4 is 10.2 Å². The highest BCUT2D eigenvalue weighted by molar-refractivity contribution is 5.89. The van der Waals surface area contributed by atoms with E-state index < -0.39 is 24.3 Å². The number of nitrogens with one attached hydrogen (secondary N) is 2. The fraction of sp³-hybridized carbons (Fsp3) is 0.316. The number of anilines is 1. The molecule has 0 amide bonds. The maximum atomic E-state index is 10.6. The fourth-order valence-electron chi connectivity index (χ4n) is 2.68. The van der Waals surface area contributed by atoms with Crippen molar-refractivity contribution >= 4 is 28.8 Å². The molecule has 0 atom stereocenters. The summed E-state index contributed by atoms with van der Waals surface area (Å²) >= 11 is 0. The lowest BCUT2D eigenvalue weighted by Crippen LogP contribution is -2.43. The maximum absolute atomic E-state index is 10.6. The zero-order chi connectivity index (χ0) is 26.2. The minimum absolute atomic E-state index is 0.724. The zero-order valence-corrected chi connectivity index (χ0v) is 17.6. The quantitative estimate of drug-likeness (QED) is 0.384. The number of aromatic amines is 1. The second-order valence-corrected chi connectivity index (χ2v) is 6.70. The number of piperazine rings is 1. The van der Waals surface area contributed by atoms with Gasteiger partial charge in [0.15, 0.2) is 5.65 Å². The molecule has 1 aliphatic rings. The second kappa shape index (κ2) is 11.5. The molecule has 4 N–H and O–H groups in total. The van der Waals surface area contributed by atoms with Crippen LogP contribution in [0, 0.1) is 0 Å². The molecule has 0 bridgehead atoms. The van der Waals surface area contributed by atoms with Crippen molar-refractivity contribution < 1.29 is 46.1 Å². The highest BCUT2D eigenvalue weighted by atomic mass is 19.4. The van der Waals surface area contributed by atoms with E-state index in [1.165, 1.54) is 0 Å². The molecule has 4 rings (SSSR count). The Labute approximate surface area is 192 Å². The first-order valence-electron chi connectivity index (χ1n) is 9.63. The lowest BCUT2D eigenvalue weighted by atomic mass is 10.2. The average molecular weight is 508 g/mol. The zero-order valence-electron chi connectivity index (χ0n) is 17.6. The predicted octanol–water partition coefficient (Wildman–Crippen LogP) is 2.70. The molecule has 0 saturated carbocycles. The van der Waals surface area contributed by atoms with Gasteiger partial charge >= 0.3 is 24.3 Å². The van der Waals surface area contributed by atoms with Gasteiger partial charge in [-0.3, -0.25) is 5.10 Å². The van der Waals surface area contributed by atoms with Crippen molar-refractivity contribution in [1.82, 2.24) is 25.5 Å². The normalized spacial score (nSPS) is 13.8. The number of hydrogen-bond acceptors (Lipinski definition) is 7. The third-order valence-corrected chi connectivity index (χ3v) is 4.25. The number of carboxylic acids is 2. The van der Waals surface area contributed by atoms with Crippen LogP contribution in [0.3, 0.4) is 0 Å². The van der Waals surface area contributed by atoms with Crippen LogP contribution in [0.4, 0.5) is 32.2 Å². The molecule has 4 heterocycles. The van der Waals surface area contributed by atoms with E-state index in [9.17, 15) is 26.3 Å². The van der Waals surface area contributed by atoms with Gasteiger partial charge in [-0.25, -0.2) is 19.6 Å². The Bertz CT molecular complexity index is 1120. The number of hydrogen-bond donors (Lipinski definition) is 4. The number of carboxylic acid groups (broad SMARTS) is 2. The van der Waals surface area contributed by atoms with Crippen molar-refractivity contribution in [2.24, 2.45) is 0 Å². The molecule has 16 heteroatoms. The van der Waals surface area contributed by atoms with E-state index in [4.69, 9.17) is 24.8 Å². The smallest absolute Gasteiger partial charge is 0.475 e. The number of rotatable bonds is 2. The van der Waals surface area contributed by atoms with Gasteiger partial charge in [0.25, 0.3) is 0 Å². The average Bonchev–Trinajstić information content (AvgIpc) is 3.24. The van der Waals surface area contributed by atoms with Gasteiger partial charge in [0.05, 0.1) is 11.4 Å². The first-order valence-corrected chi connectivity index (χ1v) is 9.63. The monoisotopic (exact) mass is 508 g/mol. The van der Waals surface area contributed by atoms with Gasteiger partial charge in [-0.1, -0.05) is 6.07 Å². The first-order chi connectivity index (χ1) is 16.3. The lowest BCUT2D eigenvalue weighted by molar-refractivity contribution is -0.193. The number of H-pyrrole nitrogens is 1. The van der Waals surface area contributed by atoms with Crippen LogP contribution in [0.15, 0.2) is 36.5 Å². The van der Waals surface area contributed by atoms with Gasteiger partial charge in [-0.05, 0) is 24.3 Å². The summed E-state index contributed by atoms with van der Waals surface area (Å²) in [6, 6.07) is 10.0. The second-order valence-electron chi connectivity index (χ2n) is 6.70. The number of halogens is 6. The summed E-state index contributed by atoms with van der Waals surface area (Å²) in [4.78, 5) is 29.1. The molecule has 10 nitrogen and oxygen atoms in total. The minimum Gasteiger partial charge on any atom is -0.475 e. The summed E-state index contributed by atoms with van der Waals surface area (Å²) in [7, 11) is 0. The molecule has 1 fully saturated rings. The van der Waals surface area contributed by atoms with E-state index in [1.807, 2.05) is 24.3 Å². The largest absolute Gasteiger partial charge is 0.490 e. The van der Waals surface area contributed by atoms with Crippen LogP contribution in [0.1, 0.15) is 0 Å². The molecule has 0 aliphatic carbocycles. The van der Waals surface area contributed by atoms with Crippen molar-refractivity contribution in [3.63, 3.8) is 0 Å². The van der Waals surface area contributed by atoms with E-state index in [0.717, 1.165) is 54.4 Å². The van der Waals surface area contributed by atoms with Gasteiger partial charge in [0.2, 0.25) is 0 Å². The molecule has 190 valence electrons. The van der Waals surface area contributed by atoms with Crippen molar-refractivity contribution in [2.45, 2.75) is 12.4 Å². The molecule has 3 aromatic heterocycles. The van der Waals surface area contributed by atoms with E-state index in [2.05, 4.69) is 31.5 Å². The number of pyridine rings is 2. The number of carbonyl (C=O) groups is 2. The minimum atomic E-state index is -5.08. The topological polar surface area (TPSA) is 144 Å². The van der Waals surface area contributed by atoms with E-state index in [1.54, 1.807) is 6.20 Å². The summed E-state index contributed by atoms with van der Waals surface area (Å²) in [5.41, 5.74) is 2.55. The SMILES string of the molecule is O=C(O)C(F)(F)F.O=C(O)C(F)(F)F.c1cc(-c2[nH]nc3ncccc23)nc(N2CCNCC2)c1. The predicted molar refractivity (Wildman–Crippen MR) is 110 cm³/mol. The van der Waals surface area contributed by atoms with Gasteiger partial charge in [-0.15, -0.1) is 0 Å². The molecule has 35 heavy (non-hydrogen) atoms. The first kappa shape index (κ1) is 27.3. The van der Waals surface area contributed by atoms with Gasteiger partial charge < -0.3 is 20.4 Å². The molecule has 0 spiro atoms. The van der Waals surface area contributed by atoms with E-state index in [-0.39, 0.29) is 0 Å². The lowest BCUT2D eigenvalue weighted by Gasteiger charge is -2.28. The number of aromatic nitrogens is 4. The summed E-state index contributed by atoms with van der Waals surface area (Å²) in [6.07, 6.45) is -8.42. The number of nitrogens with zero attached hydrogens (tertiary/aromatic N) is 4. The molecule has 3 aromatic rings. The summed E-state index contributed by atoms with van der Waals surface area (Å²) < 4.78 is 63.5. The van der Waals surface area contributed by atoms with Crippen LogP contribution in [-0.2, 0) is 9.59 Å². The molecule has 0 radical (unpaired) electrons. The van der Waals surface area contributed by atoms with Gasteiger partial charge in [0, 0.05) is 37.8 Å². The maximum Gasteiger partial charge on any atom is 0.490 e. The third-order valence-electron chi connectivity index (χ3n) is 4.25. The summed E-state index contributed by atoms with van der Waals surface area (Å²) in [5.74, 6) is -4.50.